The van der Waals surface area contributed by atoms with Gasteiger partial charge in [0.05, 0.1) is 19.4 Å². The zero-order valence-corrected chi connectivity index (χ0v) is 11.2. The molecule has 0 aromatic carbocycles. The number of likely N-dealkylation sites (N-methyl/N-ethyl adjacent to an activating group) is 1. The van der Waals surface area contributed by atoms with E-state index in [2.05, 4.69) is 24.2 Å². The summed E-state index contributed by atoms with van der Waals surface area (Å²) >= 11 is 0. The Bertz CT molecular complexity index is 299. The molecule has 4 nitrogen and oxygen atoms in total. The number of hydrogen-bond acceptors (Lipinski definition) is 4. The van der Waals surface area contributed by atoms with Gasteiger partial charge in [-0.2, -0.15) is 0 Å². The molecular weight excluding hydrogens is 216 g/mol. The van der Waals surface area contributed by atoms with Gasteiger partial charge in [-0.1, -0.05) is 6.92 Å². The van der Waals surface area contributed by atoms with Gasteiger partial charge >= 0.3 is 0 Å². The van der Waals surface area contributed by atoms with Crippen LogP contribution in [0.2, 0.25) is 0 Å². The highest BCUT2D eigenvalue weighted by atomic mass is 16.5. The molecule has 0 aliphatic rings. The number of ether oxygens (including phenoxy) is 1. The maximum Gasteiger partial charge on any atom is 0.122 e. The molecule has 98 valence electrons. The Kier molecular flexibility index (Phi) is 6.93. The average molecular weight is 240 g/mol. The lowest BCUT2D eigenvalue weighted by molar-refractivity contribution is 0.158. The summed E-state index contributed by atoms with van der Waals surface area (Å²) in [5.41, 5.74) is 1.26. The van der Waals surface area contributed by atoms with Gasteiger partial charge in [0, 0.05) is 25.8 Å². The van der Waals surface area contributed by atoms with Crippen molar-refractivity contribution in [3.05, 3.63) is 23.7 Å². The Morgan fingerprint density at radius 2 is 2.29 bits per heavy atom. The number of rotatable bonds is 9. The molecule has 1 aromatic rings. The van der Waals surface area contributed by atoms with Crippen molar-refractivity contribution in [2.75, 3.05) is 33.9 Å². The molecule has 1 N–H and O–H groups in total. The molecule has 0 saturated carbocycles. The van der Waals surface area contributed by atoms with Crippen molar-refractivity contribution in [1.29, 1.82) is 0 Å². The normalized spacial score (nSPS) is 11.3. The fourth-order valence-electron chi connectivity index (χ4n) is 1.66. The van der Waals surface area contributed by atoms with Crippen LogP contribution in [-0.4, -0.2) is 38.8 Å². The van der Waals surface area contributed by atoms with Crippen LogP contribution in [0.3, 0.4) is 0 Å². The van der Waals surface area contributed by atoms with Crippen molar-refractivity contribution in [3.8, 4) is 0 Å². The molecule has 1 heterocycles. The van der Waals surface area contributed by atoms with Crippen molar-refractivity contribution in [3.63, 3.8) is 0 Å². The van der Waals surface area contributed by atoms with Crippen LogP contribution in [0, 0.1) is 0 Å². The number of nitrogens with zero attached hydrogens (tertiary/aromatic N) is 1. The predicted molar refractivity (Wildman–Crippen MR) is 68.9 cm³/mol. The van der Waals surface area contributed by atoms with Crippen LogP contribution < -0.4 is 5.32 Å². The summed E-state index contributed by atoms with van der Waals surface area (Å²) < 4.78 is 10.6. The van der Waals surface area contributed by atoms with Crippen molar-refractivity contribution >= 4 is 0 Å². The van der Waals surface area contributed by atoms with Gasteiger partial charge in [0.1, 0.15) is 5.76 Å². The summed E-state index contributed by atoms with van der Waals surface area (Å²) in [6.07, 6.45) is 2.91. The van der Waals surface area contributed by atoms with Gasteiger partial charge in [-0.25, -0.2) is 0 Å². The van der Waals surface area contributed by atoms with E-state index in [0.29, 0.717) is 0 Å². The quantitative estimate of drug-likeness (QED) is 0.669. The van der Waals surface area contributed by atoms with Gasteiger partial charge in [-0.05, 0) is 26.1 Å². The van der Waals surface area contributed by atoms with Crippen molar-refractivity contribution in [1.82, 2.24) is 10.2 Å². The molecule has 0 amide bonds. The van der Waals surface area contributed by atoms with Crippen molar-refractivity contribution in [2.24, 2.45) is 0 Å². The maximum absolute atomic E-state index is 5.50. The van der Waals surface area contributed by atoms with E-state index in [4.69, 9.17) is 9.15 Å². The Labute approximate surface area is 104 Å². The fourth-order valence-corrected chi connectivity index (χ4v) is 1.66. The molecule has 0 unspecified atom stereocenters. The van der Waals surface area contributed by atoms with E-state index < -0.39 is 0 Å². The fraction of sp³-hybridized carbons (Fsp3) is 0.692. The first kappa shape index (κ1) is 14.2. The average Bonchev–Trinajstić information content (AvgIpc) is 2.74. The molecule has 0 saturated heterocycles. The third kappa shape index (κ3) is 5.35. The molecule has 0 aliphatic heterocycles. The van der Waals surface area contributed by atoms with Gasteiger partial charge in [0.2, 0.25) is 0 Å². The van der Waals surface area contributed by atoms with Crippen LogP contribution >= 0.6 is 0 Å². The summed E-state index contributed by atoms with van der Waals surface area (Å²) in [5, 5.41) is 3.36. The zero-order chi connectivity index (χ0) is 12.5. The maximum atomic E-state index is 5.50. The van der Waals surface area contributed by atoms with E-state index >= 15 is 0 Å². The van der Waals surface area contributed by atoms with Crippen LogP contribution in [0.4, 0.5) is 0 Å². The van der Waals surface area contributed by atoms with Gasteiger partial charge in [-0.15, -0.1) is 0 Å². The van der Waals surface area contributed by atoms with Gasteiger partial charge in [-0.3, -0.25) is 4.90 Å². The first-order chi connectivity index (χ1) is 8.27. The van der Waals surface area contributed by atoms with Crippen molar-refractivity contribution < 1.29 is 9.15 Å². The highest BCUT2D eigenvalue weighted by Gasteiger charge is 2.08. The number of furan rings is 1. The Balaban J connectivity index is 2.39. The van der Waals surface area contributed by atoms with E-state index in [1.54, 1.807) is 13.4 Å². The summed E-state index contributed by atoms with van der Waals surface area (Å²) in [7, 11) is 3.82. The minimum atomic E-state index is 0.762. The summed E-state index contributed by atoms with van der Waals surface area (Å²) in [4.78, 5) is 2.23. The SMILES string of the molecule is CCCNCc1occc1CN(C)CCOC. The number of nitrogens with one attached hydrogen (secondary N) is 1. The van der Waals surface area contributed by atoms with Crippen LogP contribution in [0.25, 0.3) is 0 Å². The highest BCUT2D eigenvalue weighted by molar-refractivity contribution is 5.16. The molecule has 17 heavy (non-hydrogen) atoms. The van der Waals surface area contributed by atoms with Gasteiger partial charge in [0.15, 0.2) is 0 Å². The largest absolute Gasteiger partial charge is 0.468 e. The molecule has 0 radical (unpaired) electrons. The predicted octanol–water partition coefficient (Wildman–Crippen LogP) is 1.86. The van der Waals surface area contributed by atoms with E-state index in [0.717, 1.165) is 45.0 Å². The molecule has 1 aromatic heterocycles. The molecule has 0 fully saturated rings. The summed E-state index contributed by atoms with van der Waals surface area (Å²) in [6.45, 7) is 6.60. The van der Waals surface area contributed by atoms with Crippen LogP contribution in [0.5, 0.6) is 0 Å². The van der Waals surface area contributed by atoms with Crippen LogP contribution in [0.15, 0.2) is 16.7 Å². The van der Waals surface area contributed by atoms with Gasteiger partial charge < -0.3 is 14.5 Å². The first-order valence-electron chi connectivity index (χ1n) is 6.21. The lowest BCUT2D eigenvalue weighted by Gasteiger charge is -2.15. The lowest BCUT2D eigenvalue weighted by atomic mass is 10.2. The topological polar surface area (TPSA) is 37.6 Å². The molecular formula is C13H24N2O2. The Morgan fingerprint density at radius 3 is 3.00 bits per heavy atom. The second kappa shape index (κ2) is 8.28. The molecule has 0 atom stereocenters. The van der Waals surface area contributed by atoms with Crippen LogP contribution in [0.1, 0.15) is 24.7 Å². The second-order valence-electron chi connectivity index (χ2n) is 4.28. The highest BCUT2D eigenvalue weighted by Crippen LogP contribution is 2.12. The third-order valence-electron chi connectivity index (χ3n) is 2.67. The van der Waals surface area contributed by atoms with E-state index in [-0.39, 0.29) is 0 Å². The molecule has 4 heteroatoms. The smallest absolute Gasteiger partial charge is 0.122 e. The third-order valence-corrected chi connectivity index (χ3v) is 2.67. The minimum Gasteiger partial charge on any atom is -0.468 e. The first-order valence-corrected chi connectivity index (χ1v) is 6.21. The minimum absolute atomic E-state index is 0.762. The van der Waals surface area contributed by atoms with Crippen LogP contribution in [-0.2, 0) is 17.8 Å². The molecule has 0 bridgehead atoms. The monoisotopic (exact) mass is 240 g/mol. The van der Waals surface area contributed by atoms with Crippen molar-refractivity contribution in [2.45, 2.75) is 26.4 Å². The van der Waals surface area contributed by atoms with E-state index in [1.807, 2.05) is 6.07 Å². The Hall–Kier alpha value is -0.840. The van der Waals surface area contributed by atoms with E-state index in [1.165, 1.54) is 5.56 Å². The second-order valence-corrected chi connectivity index (χ2v) is 4.28. The summed E-state index contributed by atoms with van der Waals surface area (Å²) in [5.74, 6) is 1.04. The number of methoxy groups -OCH3 is 1. The molecule has 0 spiro atoms. The van der Waals surface area contributed by atoms with E-state index in [9.17, 15) is 0 Å². The number of hydrogen-bond donors (Lipinski definition) is 1. The lowest BCUT2D eigenvalue weighted by Crippen LogP contribution is -2.23. The summed E-state index contributed by atoms with van der Waals surface area (Å²) in [6, 6.07) is 2.05. The zero-order valence-electron chi connectivity index (χ0n) is 11.2. The molecule has 0 aliphatic carbocycles. The van der Waals surface area contributed by atoms with Gasteiger partial charge in [0.25, 0.3) is 0 Å². The Morgan fingerprint density at radius 1 is 1.47 bits per heavy atom. The molecule has 1 rings (SSSR count). The standard InChI is InChI=1S/C13H24N2O2/c1-4-6-14-10-13-12(5-8-17-13)11-15(2)7-9-16-3/h5,8,14H,4,6-7,9-11H2,1-3H3.